The van der Waals surface area contributed by atoms with Gasteiger partial charge in [-0.15, -0.1) is 12.4 Å². The van der Waals surface area contributed by atoms with Gasteiger partial charge in [-0.3, -0.25) is 4.90 Å². The molecule has 0 heterocycles. The molecule has 2 rings (SSSR count). The molecule has 0 amide bonds. The fraction of sp³-hybridized carbons (Fsp3) is 0.273. The molecule has 0 saturated heterocycles. The second-order valence-corrected chi connectivity index (χ2v) is 6.36. The predicted molar refractivity (Wildman–Crippen MR) is 105 cm³/mol. The van der Waals surface area contributed by atoms with E-state index in [4.69, 9.17) is 0 Å². The summed E-state index contributed by atoms with van der Waals surface area (Å²) in [5, 5.41) is 0. The van der Waals surface area contributed by atoms with Crippen LogP contribution in [0.25, 0.3) is 0 Å². The first-order chi connectivity index (χ1) is 11.1. The maximum atomic E-state index is 3.27. The summed E-state index contributed by atoms with van der Waals surface area (Å²) in [7, 11) is 0. The average molecular weight is 338 g/mol. The van der Waals surface area contributed by atoms with Crippen molar-refractivity contribution in [3.8, 4) is 23.7 Å². The molecule has 1 nitrogen and oxygen atoms in total. The van der Waals surface area contributed by atoms with Crippen LogP contribution in [-0.4, -0.2) is 23.5 Å². The zero-order chi connectivity index (χ0) is 16.5. The van der Waals surface area contributed by atoms with Gasteiger partial charge in [-0.1, -0.05) is 60.1 Å². The number of halogens is 1. The van der Waals surface area contributed by atoms with Gasteiger partial charge in [0.25, 0.3) is 0 Å². The quantitative estimate of drug-likeness (QED) is 0.723. The van der Waals surface area contributed by atoms with Gasteiger partial charge in [0.1, 0.15) is 0 Å². The number of hydrogen-bond donors (Lipinski definition) is 0. The van der Waals surface area contributed by atoms with Crippen molar-refractivity contribution in [3.05, 3.63) is 71.8 Å². The zero-order valence-electron chi connectivity index (χ0n) is 14.5. The number of nitrogens with zero attached hydrogens (tertiary/aromatic N) is 1. The molecular formula is C22H24ClN. The van der Waals surface area contributed by atoms with Crippen LogP contribution in [0, 0.1) is 23.7 Å². The summed E-state index contributed by atoms with van der Waals surface area (Å²) in [4.78, 5) is 2.29. The van der Waals surface area contributed by atoms with Crippen LogP contribution in [0.2, 0.25) is 0 Å². The molecule has 124 valence electrons. The fourth-order valence-corrected chi connectivity index (χ4v) is 2.05. The van der Waals surface area contributed by atoms with E-state index in [-0.39, 0.29) is 17.9 Å². The van der Waals surface area contributed by atoms with Crippen molar-refractivity contribution in [1.82, 2.24) is 4.90 Å². The Kier molecular flexibility index (Phi) is 8.14. The Morgan fingerprint density at radius 1 is 0.708 bits per heavy atom. The van der Waals surface area contributed by atoms with Gasteiger partial charge in [-0.05, 0) is 45.0 Å². The zero-order valence-corrected chi connectivity index (χ0v) is 15.4. The second kappa shape index (κ2) is 9.84. The van der Waals surface area contributed by atoms with Crippen molar-refractivity contribution < 1.29 is 0 Å². The lowest BCUT2D eigenvalue weighted by Crippen LogP contribution is -2.41. The van der Waals surface area contributed by atoms with Gasteiger partial charge in [-0.25, -0.2) is 0 Å². The normalized spacial score (nSPS) is 10.0. The predicted octanol–water partition coefficient (Wildman–Crippen LogP) is 4.61. The van der Waals surface area contributed by atoms with E-state index in [2.05, 4.69) is 49.4 Å². The monoisotopic (exact) mass is 337 g/mol. The van der Waals surface area contributed by atoms with Gasteiger partial charge in [0.05, 0.1) is 13.1 Å². The molecule has 0 aliphatic heterocycles. The maximum absolute atomic E-state index is 3.27. The second-order valence-electron chi connectivity index (χ2n) is 6.36. The van der Waals surface area contributed by atoms with Crippen molar-refractivity contribution in [3.63, 3.8) is 0 Å². The standard InChI is InChI=1S/C22H23N.ClH/c1-22(2,3)23(18-10-16-20-12-6-4-7-13-20)19-11-17-21-14-8-5-9-15-21;/h4-9,12-15H,18-19H2,1-3H3;1H. The summed E-state index contributed by atoms with van der Waals surface area (Å²) >= 11 is 0. The molecule has 0 bridgehead atoms. The Morgan fingerprint density at radius 2 is 1.08 bits per heavy atom. The third kappa shape index (κ3) is 6.93. The Morgan fingerprint density at radius 3 is 1.42 bits per heavy atom. The van der Waals surface area contributed by atoms with E-state index in [1.165, 1.54) is 0 Å². The molecule has 0 spiro atoms. The molecule has 0 atom stereocenters. The van der Waals surface area contributed by atoms with Crippen LogP contribution in [0.4, 0.5) is 0 Å². The van der Waals surface area contributed by atoms with E-state index < -0.39 is 0 Å². The highest BCUT2D eigenvalue weighted by Gasteiger charge is 2.18. The van der Waals surface area contributed by atoms with E-state index >= 15 is 0 Å². The van der Waals surface area contributed by atoms with E-state index in [0.29, 0.717) is 13.1 Å². The van der Waals surface area contributed by atoms with Gasteiger partial charge >= 0.3 is 0 Å². The van der Waals surface area contributed by atoms with Crippen molar-refractivity contribution in [2.24, 2.45) is 0 Å². The van der Waals surface area contributed by atoms with Crippen molar-refractivity contribution in [2.45, 2.75) is 26.3 Å². The summed E-state index contributed by atoms with van der Waals surface area (Å²) in [6.07, 6.45) is 0. The van der Waals surface area contributed by atoms with Gasteiger partial charge in [0.15, 0.2) is 0 Å². The minimum Gasteiger partial charge on any atom is -0.276 e. The molecule has 2 heteroatoms. The summed E-state index contributed by atoms with van der Waals surface area (Å²) < 4.78 is 0. The lowest BCUT2D eigenvalue weighted by atomic mass is 10.1. The van der Waals surface area contributed by atoms with Crippen molar-refractivity contribution in [2.75, 3.05) is 13.1 Å². The third-order valence-electron chi connectivity index (χ3n) is 3.50. The summed E-state index contributed by atoms with van der Waals surface area (Å²) in [6.45, 7) is 8.01. The first-order valence-electron chi connectivity index (χ1n) is 7.88. The van der Waals surface area contributed by atoms with Crippen LogP contribution in [-0.2, 0) is 0 Å². The number of rotatable bonds is 2. The third-order valence-corrected chi connectivity index (χ3v) is 3.50. The lowest BCUT2D eigenvalue weighted by molar-refractivity contribution is 0.179. The van der Waals surface area contributed by atoms with Crippen LogP contribution >= 0.6 is 12.4 Å². The summed E-state index contributed by atoms with van der Waals surface area (Å²) in [5.41, 5.74) is 2.14. The maximum Gasteiger partial charge on any atom is 0.0618 e. The average Bonchev–Trinajstić information content (AvgIpc) is 2.54. The highest BCUT2D eigenvalue weighted by atomic mass is 35.5. The molecule has 2 aromatic carbocycles. The summed E-state index contributed by atoms with van der Waals surface area (Å²) in [5.74, 6) is 13.0. The molecule has 0 aliphatic rings. The van der Waals surface area contributed by atoms with Crippen LogP contribution < -0.4 is 0 Å². The first-order valence-corrected chi connectivity index (χ1v) is 7.88. The molecule has 0 N–H and O–H groups in total. The van der Waals surface area contributed by atoms with Gasteiger partial charge in [0, 0.05) is 16.7 Å². The molecule has 0 saturated carbocycles. The number of benzene rings is 2. The largest absolute Gasteiger partial charge is 0.276 e. The first kappa shape index (κ1) is 19.9. The Bertz CT molecular complexity index is 663. The topological polar surface area (TPSA) is 3.24 Å². The summed E-state index contributed by atoms with van der Waals surface area (Å²) in [6, 6.07) is 20.2. The van der Waals surface area contributed by atoms with Crippen LogP contribution in [0.1, 0.15) is 31.9 Å². The van der Waals surface area contributed by atoms with Crippen molar-refractivity contribution in [1.29, 1.82) is 0 Å². The van der Waals surface area contributed by atoms with Crippen molar-refractivity contribution >= 4 is 12.4 Å². The Hall–Kier alpha value is -2.19. The Labute approximate surface area is 152 Å². The van der Waals surface area contributed by atoms with Gasteiger partial charge in [-0.2, -0.15) is 0 Å². The smallest absolute Gasteiger partial charge is 0.0618 e. The molecule has 0 aliphatic carbocycles. The van der Waals surface area contributed by atoms with E-state index in [1.54, 1.807) is 0 Å². The molecule has 0 aromatic heterocycles. The molecule has 24 heavy (non-hydrogen) atoms. The minimum atomic E-state index is 0. The molecule has 0 radical (unpaired) electrons. The van der Waals surface area contributed by atoms with E-state index in [9.17, 15) is 0 Å². The molecule has 0 unspecified atom stereocenters. The molecule has 0 fully saturated rings. The highest BCUT2D eigenvalue weighted by Crippen LogP contribution is 2.11. The van der Waals surface area contributed by atoms with Gasteiger partial charge < -0.3 is 0 Å². The van der Waals surface area contributed by atoms with Crippen LogP contribution in [0.5, 0.6) is 0 Å². The Balaban J connectivity index is 0.00000288. The SMILES string of the molecule is CC(C)(C)N(CC#Cc1ccccc1)CC#Cc1ccccc1.Cl. The molecular weight excluding hydrogens is 314 g/mol. The van der Waals surface area contributed by atoms with Gasteiger partial charge in [0.2, 0.25) is 0 Å². The van der Waals surface area contributed by atoms with E-state index in [1.807, 2.05) is 60.7 Å². The molecule has 2 aromatic rings. The highest BCUT2D eigenvalue weighted by molar-refractivity contribution is 5.85. The number of hydrogen-bond acceptors (Lipinski definition) is 1. The lowest BCUT2D eigenvalue weighted by Gasteiger charge is -2.32. The minimum absolute atomic E-state index is 0. The van der Waals surface area contributed by atoms with E-state index in [0.717, 1.165) is 11.1 Å². The van der Waals surface area contributed by atoms with Crippen LogP contribution in [0.3, 0.4) is 0 Å². The fourth-order valence-electron chi connectivity index (χ4n) is 2.05. The van der Waals surface area contributed by atoms with Crippen LogP contribution in [0.15, 0.2) is 60.7 Å².